The number of carbonyl (C=O) groups excluding carboxylic acids is 1. The minimum Gasteiger partial charge on any atom is -0.478 e. The molecule has 0 aliphatic rings. The summed E-state index contributed by atoms with van der Waals surface area (Å²) in [7, 11) is 0. The first kappa shape index (κ1) is 14.4. The number of nitrogens with two attached hydrogens (primary N) is 1. The van der Waals surface area contributed by atoms with E-state index in [4.69, 9.17) is 10.8 Å². The Labute approximate surface area is 121 Å². The molecule has 6 heteroatoms. The number of carboxylic acid groups (broad SMARTS) is 1. The predicted molar refractivity (Wildman–Crippen MR) is 81.6 cm³/mol. The van der Waals surface area contributed by atoms with Crippen molar-refractivity contribution in [1.29, 1.82) is 0 Å². The molecular weight excluding hydrogens is 270 g/mol. The largest absolute Gasteiger partial charge is 0.478 e. The standard InChI is InChI=1S/C15H15N3O3/c1-9-3-2-4-11(7-9)17-15(21)18-13-6-5-10(14(19)20)8-12(13)16/h2-8H,16H2,1H3,(H,19,20)(H2,17,18,21). The van der Waals surface area contributed by atoms with Gasteiger partial charge in [-0.25, -0.2) is 9.59 Å². The van der Waals surface area contributed by atoms with Gasteiger partial charge in [-0.3, -0.25) is 0 Å². The van der Waals surface area contributed by atoms with E-state index in [1.54, 1.807) is 6.07 Å². The molecular formula is C15H15N3O3. The summed E-state index contributed by atoms with van der Waals surface area (Å²) in [5.41, 5.74) is 8.01. The van der Waals surface area contributed by atoms with Crippen molar-refractivity contribution in [2.24, 2.45) is 0 Å². The van der Waals surface area contributed by atoms with E-state index in [9.17, 15) is 9.59 Å². The lowest BCUT2D eigenvalue weighted by atomic mass is 10.2. The molecule has 0 bridgehead atoms. The maximum absolute atomic E-state index is 11.9. The molecule has 0 atom stereocenters. The number of aromatic carboxylic acids is 1. The highest BCUT2D eigenvalue weighted by atomic mass is 16.4. The van der Waals surface area contributed by atoms with Crippen molar-refractivity contribution in [3.05, 3.63) is 53.6 Å². The minimum absolute atomic E-state index is 0.0668. The van der Waals surface area contributed by atoms with Crippen LogP contribution in [-0.2, 0) is 0 Å². The number of hydrogen-bond acceptors (Lipinski definition) is 3. The summed E-state index contributed by atoms with van der Waals surface area (Å²) in [6.45, 7) is 1.92. The molecule has 0 aliphatic heterocycles. The fourth-order valence-electron chi connectivity index (χ4n) is 1.82. The van der Waals surface area contributed by atoms with E-state index >= 15 is 0 Å². The van der Waals surface area contributed by atoms with Gasteiger partial charge in [-0.05, 0) is 42.8 Å². The summed E-state index contributed by atoms with van der Waals surface area (Å²) in [5, 5.41) is 14.1. The van der Waals surface area contributed by atoms with Gasteiger partial charge in [-0.1, -0.05) is 12.1 Å². The van der Waals surface area contributed by atoms with Crippen LogP contribution in [0.5, 0.6) is 0 Å². The van der Waals surface area contributed by atoms with Crippen molar-refractivity contribution in [2.45, 2.75) is 6.92 Å². The zero-order valence-electron chi connectivity index (χ0n) is 11.4. The number of amides is 2. The van der Waals surface area contributed by atoms with Crippen LogP contribution in [0.3, 0.4) is 0 Å². The van der Waals surface area contributed by atoms with Gasteiger partial charge < -0.3 is 21.5 Å². The maximum atomic E-state index is 11.9. The Balaban J connectivity index is 2.08. The van der Waals surface area contributed by atoms with Crippen LogP contribution in [0.4, 0.5) is 21.9 Å². The van der Waals surface area contributed by atoms with E-state index in [1.807, 2.05) is 25.1 Å². The molecule has 6 nitrogen and oxygen atoms in total. The number of nitrogen functional groups attached to an aromatic ring is 1. The van der Waals surface area contributed by atoms with E-state index in [0.717, 1.165) is 5.56 Å². The van der Waals surface area contributed by atoms with Gasteiger partial charge in [0.25, 0.3) is 0 Å². The number of rotatable bonds is 3. The third-order valence-electron chi connectivity index (χ3n) is 2.82. The van der Waals surface area contributed by atoms with Crippen LogP contribution in [0.25, 0.3) is 0 Å². The smallest absolute Gasteiger partial charge is 0.335 e. The topological polar surface area (TPSA) is 104 Å². The summed E-state index contributed by atoms with van der Waals surface area (Å²) in [6.07, 6.45) is 0. The zero-order valence-corrected chi connectivity index (χ0v) is 11.4. The van der Waals surface area contributed by atoms with Gasteiger partial charge in [0.15, 0.2) is 0 Å². The molecule has 0 spiro atoms. The number of carbonyl (C=O) groups is 2. The fraction of sp³-hybridized carbons (Fsp3) is 0.0667. The SMILES string of the molecule is Cc1cccc(NC(=O)Nc2ccc(C(=O)O)cc2N)c1. The molecule has 2 aromatic carbocycles. The van der Waals surface area contributed by atoms with Gasteiger partial charge in [-0.2, -0.15) is 0 Å². The zero-order chi connectivity index (χ0) is 15.4. The average molecular weight is 285 g/mol. The average Bonchev–Trinajstić information content (AvgIpc) is 2.40. The number of urea groups is 1. The lowest BCUT2D eigenvalue weighted by Gasteiger charge is -2.10. The molecule has 0 saturated heterocycles. The van der Waals surface area contributed by atoms with Gasteiger partial charge in [0.05, 0.1) is 16.9 Å². The Bertz CT molecular complexity index is 698. The molecule has 0 unspecified atom stereocenters. The van der Waals surface area contributed by atoms with Crippen LogP contribution in [0, 0.1) is 6.92 Å². The van der Waals surface area contributed by atoms with E-state index in [2.05, 4.69) is 10.6 Å². The van der Waals surface area contributed by atoms with Crippen LogP contribution < -0.4 is 16.4 Å². The van der Waals surface area contributed by atoms with E-state index in [0.29, 0.717) is 11.4 Å². The summed E-state index contributed by atoms with van der Waals surface area (Å²) < 4.78 is 0. The second-order valence-corrected chi connectivity index (χ2v) is 4.56. The van der Waals surface area contributed by atoms with Gasteiger partial charge in [-0.15, -0.1) is 0 Å². The second-order valence-electron chi connectivity index (χ2n) is 4.56. The van der Waals surface area contributed by atoms with Crippen LogP contribution in [0.2, 0.25) is 0 Å². The number of benzene rings is 2. The highest BCUT2D eigenvalue weighted by Gasteiger charge is 2.09. The van der Waals surface area contributed by atoms with Gasteiger partial charge in [0, 0.05) is 5.69 Å². The van der Waals surface area contributed by atoms with E-state index < -0.39 is 12.0 Å². The Kier molecular flexibility index (Phi) is 4.08. The first-order chi connectivity index (χ1) is 9.95. The number of carboxylic acids is 1. The van der Waals surface area contributed by atoms with Gasteiger partial charge >= 0.3 is 12.0 Å². The molecule has 0 heterocycles. The monoisotopic (exact) mass is 285 g/mol. The molecule has 108 valence electrons. The molecule has 0 aliphatic carbocycles. The molecule has 5 N–H and O–H groups in total. The molecule has 0 radical (unpaired) electrons. The highest BCUT2D eigenvalue weighted by molar-refractivity contribution is 6.02. The highest BCUT2D eigenvalue weighted by Crippen LogP contribution is 2.20. The van der Waals surface area contributed by atoms with Crippen LogP contribution in [0.15, 0.2) is 42.5 Å². The lowest BCUT2D eigenvalue weighted by molar-refractivity contribution is 0.0697. The molecule has 0 aromatic heterocycles. The Morgan fingerprint density at radius 3 is 2.48 bits per heavy atom. The molecule has 2 aromatic rings. The van der Waals surface area contributed by atoms with Crippen molar-refractivity contribution in [2.75, 3.05) is 16.4 Å². The first-order valence-corrected chi connectivity index (χ1v) is 6.23. The maximum Gasteiger partial charge on any atom is 0.335 e. The summed E-state index contributed by atoms with van der Waals surface area (Å²) in [6, 6.07) is 11.0. The van der Waals surface area contributed by atoms with Crippen molar-refractivity contribution in [3.8, 4) is 0 Å². The summed E-state index contributed by atoms with van der Waals surface area (Å²) in [4.78, 5) is 22.7. The number of hydrogen-bond donors (Lipinski definition) is 4. The van der Waals surface area contributed by atoms with E-state index in [-0.39, 0.29) is 11.3 Å². The van der Waals surface area contributed by atoms with Crippen molar-refractivity contribution >= 4 is 29.1 Å². The normalized spacial score (nSPS) is 9.95. The number of nitrogens with one attached hydrogen (secondary N) is 2. The Morgan fingerprint density at radius 1 is 1.10 bits per heavy atom. The second kappa shape index (κ2) is 5.96. The van der Waals surface area contributed by atoms with Gasteiger partial charge in [0.2, 0.25) is 0 Å². The van der Waals surface area contributed by atoms with E-state index in [1.165, 1.54) is 18.2 Å². The van der Waals surface area contributed by atoms with Crippen LogP contribution in [-0.4, -0.2) is 17.1 Å². The summed E-state index contributed by atoms with van der Waals surface area (Å²) in [5.74, 6) is -1.07. The lowest BCUT2D eigenvalue weighted by Crippen LogP contribution is -2.20. The molecule has 0 fully saturated rings. The molecule has 21 heavy (non-hydrogen) atoms. The van der Waals surface area contributed by atoms with Crippen molar-refractivity contribution in [3.63, 3.8) is 0 Å². The number of aryl methyl sites for hydroxylation is 1. The third kappa shape index (κ3) is 3.73. The van der Waals surface area contributed by atoms with Crippen molar-refractivity contribution in [1.82, 2.24) is 0 Å². The first-order valence-electron chi connectivity index (χ1n) is 6.23. The Hall–Kier alpha value is -3.02. The third-order valence-corrected chi connectivity index (χ3v) is 2.82. The molecule has 2 amide bonds. The quantitative estimate of drug-likeness (QED) is 0.651. The molecule has 0 saturated carbocycles. The predicted octanol–water partition coefficient (Wildman–Crippen LogP) is 2.92. The van der Waals surface area contributed by atoms with Crippen LogP contribution in [0.1, 0.15) is 15.9 Å². The number of anilines is 3. The van der Waals surface area contributed by atoms with Gasteiger partial charge in [0.1, 0.15) is 0 Å². The minimum atomic E-state index is -1.07. The Morgan fingerprint density at radius 2 is 1.86 bits per heavy atom. The van der Waals surface area contributed by atoms with Crippen molar-refractivity contribution < 1.29 is 14.7 Å². The van der Waals surface area contributed by atoms with Crippen LogP contribution >= 0.6 is 0 Å². The fourth-order valence-corrected chi connectivity index (χ4v) is 1.82. The molecule has 2 rings (SSSR count). The summed E-state index contributed by atoms with van der Waals surface area (Å²) >= 11 is 0.